The van der Waals surface area contributed by atoms with Crippen LogP contribution in [0.5, 0.6) is 0 Å². The lowest BCUT2D eigenvalue weighted by Crippen LogP contribution is -2.11. The minimum absolute atomic E-state index is 0.270. The molecule has 0 radical (unpaired) electrons. The molecule has 3 N–H and O–H groups in total. The third kappa shape index (κ3) is 3.49. The van der Waals surface area contributed by atoms with Gasteiger partial charge in [0, 0.05) is 12.2 Å². The highest BCUT2D eigenvalue weighted by Crippen LogP contribution is 2.22. The highest BCUT2D eigenvalue weighted by atomic mass is 79.9. The number of hydrogen-bond acceptors (Lipinski definition) is 2. The van der Waals surface area contributed by atoms with Crippen molar-refractivity contribution in [2.75, 3.05) is 5.32 Å². The second-order valence-corrected chi connectivity index (χ2v) is 5.42. The van der Waals surface area contributed by atoms with Crippen molar-refractivity contribution in [1.29, 1.82) is 0 Å². The number of nitrogens with two attached hydrogens (primary N) is 1. The van der Waals surface area contributed by atoms with Gasteiger partial charge in [-0.15, -0.1) is 0 Å². The molecule has 0 aliphatic rings. The Morgan fingerprint density at radius 1 is 1.30 bits per heavy atom. The van der Waals surface area contributed by atoms with Crippen molar-refractivity contribution in [2.45, 2.75) is 6.54 Å². The fourth-order valence-corrected chi connectivity index (χ4v) is 2.20. The number of hydrogen-bond donors (Lipinski definition) is 2. The maximum absolute atomic E-state index is 13.4. The van der Waals surface area contributed by atoms with Crippen LogP contribution in [-0.2, 0) is 6.54 Å². The van der Waals surface area contributed by atoms with Gasteiger partial charge >= 0.3 is 0 Å². The summed E-state index contributed by atoms with van der Waals surface area (Å²) in [6, 6.07) is 9.75. The molecule has 0 spiro atoms. The molecule has 0 saturated carbocycles. The zero-order valence-corrected chi connectivity index (χ0v) is 12.6. The second kappa shape index (κ2) is 6.24. The summed E-state index contributed by atoms with van der Waals surface area (Å²) in [6.45, 7) is 0.441. The van der Waals surface area contributed by atoms with Crippen LogP contribution in [0.25, 0.3) is 0 Å². The molecule has 0 saturated heterocycles. The van der Waals surface area contributed by atoms with E-state index in [2.05, 4.69) is 21.2 Å². The minimum Gasteiger partial charge on any atom is -0.381 e. The van der Waals surface area contributed by atoms with E-state index in [9.17, 15) is 9.18 Å². The third-order valence-corrected chi connectivity index (χ3v) is 3.67. The number of halogens is 3. The Labute approximate surface area is 129 Å². The molecular weight excluding hydrogens is 347 g/mol. The van der Waals surface area contributed by atoms with Crippen molar-refractivity contribution in [3.05, 3.63) is 62.8 Å². The first-order valence-electron chi connectivity index (χ1n) is 5.74. The summed E-state index contributed by atoms with van der Waals surface area (Å²) < 4.78 is 13.8. The smallest absolute Gasteiger partial charge is 0.250 e. The van der Waals surface area contributed by atoms with Crippen LogP contribution in [0.3, 0.4) is 0 Å². The van der Waals surface area contributed by atoms with Gasteiger partial charge in [-0.3, -0.25) is 4.79 Å². The Morgan fingerprint density at radius 3 is 2.65 bits per heavy atom. The van der Waals surface area contributed by atoms with Crippen LogP contribution < -0.4 is 11.1 Å². The van der Waals surface area contributed by atoms with Crippen LogP contribution in [0.2, 0.25) is 5.02 Å². The van der Waals surface area contributed by atoms with Gasteiger partial charge in [0.15, 0.2) is 0 Å². The van der Waals surface area contributed by atoms with Crippen molar-refractivity contribution in [1.82, 2.24) is 0 Å². The topological polar surface area (TPSA) is 55.1 Å². The van der Waals surface area contributed by atoms with Gasteiger partial charge in [0.05, 0.1) is 15.1 Å². The second-order valence-electron chi connectivity index (χ2n) is 4.16. The van der Waals surface area contributed by atoms with Crippen molar-refractivity contribution in [3.8, 4) is 0 Å². The van der Waals surface area contributed by atoms with Gasteiger partial charge in [0.2, 0.25) is 5.91 Å². The molecule has 0 atom stereocenters. The van der Waals surface area contributed by atoms with Crippen molar-refractivity contribution >= 4 is 39.1 Å². The van der Waals surface area contributed by atoms with E-state index in [0.29, 0.717) is 11.0 Å². The summed E-state index contributed by atoms with van der Waals surface area (Å²) >= 11 is 9.04. The molecule has 0 aliphatic carbocycles. The number of amides is 1. The monoisotopic (exact) mass is 356 g/mol. The molecule has 2 aromatic carbocycles. The molecule has 0 aliphatic heterocycles. The summed E-state index contributed by atoms with van der Waals surface area (Å²) in [5.74, 6) is -0.886. The molecule has 0 aromatic heterocycles. The molecule has 0 unspecified atom stereocenters. The van der Waals surface area contributed by atoms with Gasteiger partial charge in [-0.05, 0) is 51.8 Å². The first-order valence-corrected chi connectivity index (χ1v) is 6.91. The van der Waals surface area contributed by atoms with Crippen LogP contribution in [-0.4, -0.2) is 5.91 Å². The fraction of sp³-hybridized carbons (Fsp3) is 0.0714. The van der Waals surface area contributed by atoms with Crippen LogP contribution in [0.15, 0.2) is 40.9 Å². The lowest BCUT2D eigenvalue weighted by Gasteiger charge is -2.09. The van der Waals surface area contributed by atoms with E-state index in [0.717, 1.165) is 11.3 Å². The van der Waals surface area contributed by atoms with E-state index in [1.807, 2.05) is 0 Å². The van der Waals surface area contributed by atoms with Crippen LogP contribution in [0.1, 0.15) is 15.9 Å². The highest BCUT2D eigenvalue weighted by Gasteiger charge is 2.07. The first-order chi connectivity index (χ1) is 9.47. The first kappa shape index (κ1) is 14.8. The molecule has 1 amide bonds. The van der Waals surface area contributed by atoms with Gasteiger partial charge < -0.3 is 11.1 Å². The normalized spacial score (nSPS) is 10.3. The van der Waals surface area contributed by atoms with Gasteiger partial charge in [-0.2, -0.15) is 0 Å². The lowest BCUT2D eigenvalue weighted by molar-refractivity contribution is 0.100. The predicted octanol–water partition coefficient (Wildman–Crippen LogP) is 3.95. The van der Waals surface area contributed by atoms with Crippen LogP contribution >= 0.6 is 27.5 Å². The number of anilines is 1. The van der Waals surface area contributed by atoms with E-state index in [4.69, 9.17) is 17.3 Å². The largest absolute Gasteiger partial charge is 0.381 e. The number of carbonyl (C=O) groups excluding carboxylic acids is 1. The van der Waals surface area contributed by atoms with E-state index < -0.39 is 5.91 Å². The number of benzene rings is 2. The lowest BCUT2D eigenvalue weighted by atomic mass is 10.2. The summed E-state index contributed by atoms with van der Waals surface area (Å²) in [6.07, 6.45) is 0. The number of rotatable bonds is 4. The van der Waals surface area contributed by atoms with Crippen LogP contribution in [0.4, 0.5) is 10.1 Å². The highest BCUT2D eigenvalue weighted by molar-refractivity contribution is 9.10. The van der Waals surface area contributed by atoms with E-state index in [-0.39, 0.29) is 16.4 Å². The van der Waals surface area contributed by atoms with Gasteiger partial charge in [-0.25, -0.2) is 4.39 Å². The average molecular weight is 358 g/mol. The molecule has 3 nitrogen and oxygen atoms in total. The van der Waals surface area contributed by atoms with Gasteiger partial charge in [0.1, 0.15) is 5.82 Å². The third-order valence-electron chi connectivity index (χ3n) is 2.72. The molecule has 6 heteroatoms. The zero-order valence-electron chi connectivity index (χ0n) is 10.3. The number of carbonyl (C=O) groups is 1. The van der Waals surface area contributed by atoms with Crippen molar-refractivity contribution < 1.29 is 9.18 Å². The minimum atomic E-state index is -0.573. The summed E-state index contributed by atoms with van der Waals surface area (Å²) in [4.78, 5) is 11.1. The quantitative estimate of drug-likeness (QED) is 0.870. The average Bonchev–Trinajstić information content (AvgIpc) is 2.40. The van der Waals surface area contributed by atoms with E-state index in [1.165, 1.54) is 6.07 Å². The Hall–Kier alpha value is -1.59. The Balaban J connectivity index is 2.09. The van der Waals surface area contributed by atoms with Crippen molar-refractivity contribution in [3.63, 3.8) is 0 Å². The van der Waals surface area contributed by atoms with Gasteiger partial charge in [-0.1, -0.05) is 17.7 Å². The molecule has 0 bridgehead atoms. The fourth-order valence-electron chi connectivity index (χ4n) is 1.68. The Bertz CT molecular complexity index is 664. The van der Waals surface area contributed by atoms with E-state index in [1.54, 1.807) is 30.3 Å². The van der Waals surface area contributed by atoms with Gasteiger partial charge in [0.25, 0.3) is 0 Å². The zero-order chi connectivity index (χ0) is 14.7. The summed E-state index contributed by atoms with van der Waals surface area (Å²) in [5, 5.41) is 3.38. The molecule has 2 rings (SSSR count). The molecule has 0 fully saturated rings. The Morgan fingerprint density at radius 2 is 2.05 bits per heavy atom. The number of primary amides is 1. The summed E-state index contributed by atoms with van der Waals surface area (Å²) in [5.41, 5.74) is 6.96. The standard InChI is InChI=1S/C14H11BrClFN2O/c15-11-4-1-8(5-13(11)17)7-19-9-2-3-10(14(18)20)12(16)6-9/h1-6,19H,7H2,(H2,18,20). The molecule has 20 heavy (non-hydrogen) atoms. The SMILES string of the molecule is NC(=O)c1ccc(NCc2ccc(Br)c(F)c2)cc1Cl. The molecule has 0 heterocycles. The number of nitrogens with one attached hydrogen (secondary N) is 1. The van der Waals surface area contributed by atoms with E-state index >= 15 is 0 Å². The maximum Gasteiger partial charge on any atom is 0.250 e. The maximum atomic E-state index is 13.4. The molecule has 2 aromatic rings. The van der Waals surface area contributed by atoms with Crippen LogP contribution in [0, 0.1) is 5.82 Å². The Kier molecular flexibility index (Phi) is 4.62. The summed E-state index contributed by atoms with van der Waals surface area (Å²) in [7, 11) is 0. The predicted molar refractivity (Wildman–Crippen MR) is 81.4 cm³/mol. The molecular formula is C14H11BrClFN2O. The molecule has 104 valence electrons. The van der Waals surface area contributed by atoms with Crippen molar-refractivity contribution in [2.24, 2.45) is 5.73 Å².